The van der Waals surface area contributed by atoms with Gasteiger partial charge in [0.15, 0.2) is 0 Å². The summed E-state index contributed by atoms with van der Waals surface area (Å²) in [6, 6.07) is -2.75. The van der Waals surface area contributed by atoms with Gasteiger partial charge >= 0.3 is 49.7 Å². The number of carbonyl (C=O) groups is 4. The van der Waals surface area contributed by atoms with Crippen LogP contribution in [0.15, 0.2) is 0 Å². The van der Waals surface area contributed by atoms with Crippen LogP contribution in [0.3, 0.4) is 0 Å². The van der Waals surface area contributed by atoms with Gasteiger partial charge in [-0.3, -0.25) is 9.59 Å². The molecule has 0 saturated heterocycles. The average molecular weight is 304 g/mol. The zero-order valence-corrected chi connectivity index (χ0v) is 12.0. The van der Waals surface area contributed by atoms with E-state index in [2.05, 4.69) is 0 Å². The molecule has 0 aliphatic heterocycles. The molecular weight excluding hydrogens is 292 g/mol. The van der Waals surface area contributed by atoms with E-state index >= 15 is 0 Å². The summed E-state index contributed by atoms with van der Waals surface area (Å²) < 4.78 is 0. The maximum Gasteiger partial charge on any atom is 2.00 e. The van der Waals surface area contributed by atoms with Crippen LogP contribution in [0, 0.1) is 0 Å². The van der Waals surface area contributed by atoms with Crippen LogP contribution in [-0.2, 0) is 19.2 Å². The van der Waals surface area contributed by atoms with Gasteiger partial charge in [-0.05, 0) is 0 Å². The summed E-state index contributed by atoms with van der Waals surface area (Å²) in [4.78, 5) is 39.0. The first kappa shape index (κ1) is 23.2. The third-order valence-electron chi connectivity index (χ3n) is 1.40. The Hall–Kier alpha value is -0.940. The molecule has 0 aliphatic carbocycles. The molecule has 104 valence electrons. The van der Waals surface area contributed by atoms with Gasteiger partial charge in [-0.1, -0.05) is 0 Å². The van der Waals surface area contributed by atoms with Gasteiger partial charge in [-0.15, -0.1) is 0 Å². The number of carboxylic acid groups (broad SMARTS) is 4. The van der Waals surface area contributed by atoms with Crippen molar-refractivity contribution in [1.29, 1.82) is 0 Å². The number of aliphatic carboxylic acids is 4. The second kappa shape index (κ2) is 12.1. The topological polar surface area (TPSA) is 207 Å². The Bertz CT molecular complexity index is 303. The van der Waals surface area contributed by atoms with Gasteiger partial charge in [-0.2, -0.15) is 0 Å². The van der Waals surface area contributed by atoms with Gasteiger partial charge in [0.2, 0.25) is 0 Å². The van der Waals surface area contributed by atoms with E-state index in [1.165, 1.54) is 0 Å². The van der Waals surface area contributed by atoms with E-state index in [0.29, 0.717) is 0 Å². The van der Waals surface area contributed by atoms with Crippen molar-refractivity contribution < 1.29 is 39.6 Å². The molecule has 0 radical (unpaired) electrons. The minimum absolute atomic E-state index is 0. The average Bonchev–Trinajstić information content (AvgIpc) is 2.16. The summed E-state index contributed by atoms with van der Waals surface area (Å²) in [5.74, 6) is -5.58. The summed E-state index contributed by atoms with van der Waals surface area (Å²) in [5, 5.41) is 35.4. The number of carbonyl (C=O) groups excluding carboxylic acids is 2. The third-order valence-corrected chi connectivity index (χ3v) is 1.40. The summed E-state index contributed by atoms with van der Waals surface area (Å²) >= 11 is 0. The standard InChI is InChI=1S/2C4H7NO4.Ca/c2*5-2(4(8)9)1-3(6)7;/h2*2H,1,5H2,(H,6,7)(H,8,9);/q;;+2/p-2. The van der Waals surface area contributed by atoms with E-state index in [9.17, 15) is 29.4 Å². The van der Waals surface area contributed by atoms with Gasteiger partial charge in [0.25, 0.3) is 0 Å². The Morgan fingerprint density at radius 1 is 0.947 bits per heavy atom. The van der Waals surface area contributed by atoms with Crippen molar-refractivity contribution in [2.24, 2.45) is 11.5 Å². The van der Waals surface area contributed by atoms with Gasteiger partial charge in [0.1, 0.15) is 6.04 Å². The van der Waals surface area contributed by atoms with Crippen LogP contribution in [0.25, 0.3) is 0 Å². The van der Waals surface area contributed by atoms with Gasteiger partial charge < -0.3 is 41.5 Å². The molecule has 0 aromatic carbocycles. The van der Waals surface area contributed by atoms with Crippen molar-refractivity contribution in [3.05, 3.63) is 0 Å². The summed E-state index contributed by atoms with van der Waals surface area (Å²) in [7, 11) is 0. The molecule has 0 fully saturated rings. The van der Waals surface area contributed by atoms with E-state index < -0.39 is 48.8 Å². The van der Waals surface area contributed by atoms with E-state index in [1.807, 2.05) is 0 Å². The van der Waals surface area contributed by atoms with Crippen LogP contribution in [0.2, 0.25) is 0 Å². The van der Waals surface area contributed by atoms with Gasteiger partial charge in [0, 0.05) is 18.4 Å². The fourth-order valence-electron chi connectivity index (χ4n) is 0.538. The van der Waals surface area contributed by atoms with Gasteiger partial charge in [-0.25, -0.2) is 0 Å². The third kappa shape index (κ3) is 17.1. The van der Waals surface area contributed by atoms with Crippen LogP contribution >= 0.6 is 0 Å². The second-order valence-corrected chi connectivity index (χ2v) is 3.04. The van der Waals surface area contributed by atoms with E-state index in [-0.39, 0.29) is 37.7 Å². The first-order valence-electron chi connectivity index (χ1n) is 4.44. The molecule has 0 spiro atoms. The first-order chi connectivity index (χ1) is 8.07. The Morgan fingerprint density at radius 3 is 1.47 bits per heavy atom. The fourth-order valence-corrected chi connectivity index (χ4v) is 0.538. The normalized spacial score (nSPS) is 11.9. The molecule has 2 unspecified atom stereocenters. The molecule has 0 aliphatic rings. The zero-order valence-electron chi connectivity index (χ0n) is 9.77. The SMILES string of the molecule is NC(CC(=O)O)C(=O)O.NC(CC(=O)[O-])C(=O)[O-].[Ca+2]. The van der Waals surface area contributed by atoms with Crippen molar-refractivity contribution in [2.75, 3.05) is 0 Å². The van der Waals surface area contributed by atoms with Crippen LogP contribution in [0.1, 0.15) is 12.8 Å². The Balaban J connectivity index is -0.000000256. The van der Waals surface area contributed by atoms with Crippen molar-refractivity contribution in [3.8, 4) is 0 Å². The molecule has 10 nitrogen and oxygen atoms in total. The van der Waals surface area contributed by atoms with Crippen molar-refractivity contribution in [3.63, 3.8) is 0 Å². The smallest absolute Gasteiger partial charge is 0.550 e. The predicted octanol–water partition coefficient (Wildman–Crippen LogP) is -5.30. The predicted molar refractivity (Wildman–Crippen MR) is 56.2 cm³/mol. The number of carboxylic acids is 4. The van der Waals surface area contributed by atoms with Crippen LogP contribution in [-0.4, -0.2) is 83.9 Å². The van der Waals surface area contributed by atoms with Crippen LogP contribution in [0.5, 0.6) is 0 Å². The molecule has 2 atom stereocenters. The van der Waals surface area contributed by atoms with E-state index in [1.54, 1.807) is 0 Å². The van der Waals surface area contributed by atoms with Crippen LogP contribution in [0.4, 0.5) is 0 Å². The number of rotatable bonds is 6. The van der Waals surface area contributed by atoms with E-state index in [4.69, 9.17) is 21.7 Å². The molecule has 0 aromatic rings. The van der Waals surface area contributed by atoms with Crippen molar-refractivity contribution in [1.82, 2.24) is 0 Å². The van der Waals surface area contributed by atoms with Crippen molar-refractivity contribution in [2.45, 2.75) is 24.9 Å². The first-order valence-corrected chi connectivity index (χ1v) is 4.44. The molecule has 0 bridgehead atoms. The Labute approximate surface area is 137 Å². The molecule has 6 N–H and O–H groups in total. The van der Waals surface area contributed by atoms with E-state index in [0.717, 1.165) is 0 Å². The summed E-state index contributed by atoms with van der Waals surface area (Å²) in [6.07, 6.45) is -1.24. The minimum Gasteiger partial charge on any atom is -0.550 e. The Kier molecular flexibility index (Phi) is 14.8. The van der Waals surface area contributed by atoms with Gasteiger partial charge in [0.05, 0.1) is 12.4 Å². The molecule has 0 amide bonds. The Morgan fingerprint density at radius 2 is 1.37 bits per heavy atom. The number of nitrogens with two attached hydrogens (primary N) is 2. The molecule has 0 aromatic heterocycles. The monoisotopic (exact) mass is 304 g/mol. The quantitative estimate of drug-likeness (QED) is 0.342. The zero-order chi connectivity index (χ0) is 14.9. The summed E-state index contributed by atoms with van der Waals surface area (Å²) in [6.45, 7) is 0. The molecule has 19 heavy (non-hydrogen) atoms. The molecule has 0 rings (SSSR count). The minimum atomic E-state index is -1.58. The fraction of sp³-hybridized carbons (Fsp3) is 0.500. The molecule has 0 saturated carbocycles. The molecule has 11 heteroatoms. The number of hydrogen-bond donors (Lipinski definition) is 4. The maximum atomic E-state index is 9.85. The summed E-state index contributed by atoms with van der Waals surface area (Å²) in [5.41, 5.74) is 9.57. The van der Waals surface area contributed by atoms with Crippen LogP contribution < -0.4 is 21.7 Å². The largest absolute Gasteiger partial charge is 2.00 e. The maximum absolute atomic E-state index is 9.85. The number of hydrogen-bond acceptors (Lipinski definition) is 8. The molecule has 0 heterocycles. The second-order valence-electron chi connectivity index (χ2n) is 3.04. The van der Waals surface area contributed by atoms with Crippen molar-refractivity contribution >= 4 is 61.6 Å². The molecular formula is C8H12CaN2O8.